The highest BCUT2D eigenvalue weighted by Crippen LogP contribution is 2.47. The summed E-state index contributed by atoms with van der Waals surface area (Å²) in [4.78, 5) is 22.2. The second-order valence-corrected chi connectivity index (χ2v) is 38.7. The van der Waals surface area contributed by atoms with E-state index in [2.05, 4.69) is 351 Å². The lowest BCUT2D eigenvalue weighted by Gasteiger charge is -2.19. The molecule has 0 unspecified atom stereocenters. The van der Waals surface area contributed by atoms with Gasteiger partial charge in [0.25, 0.3) is 0 Å². The summed E-state index contributed by atoms with van der Waals surface area (Å²) in [5.74, 6) is 1.52. The molecule has 0 spiro atoms. The number of hydrogen-bond acceptors (Lipinski definition) is 6. The molecule has 2 aliphatic rings. The van der Waals surface area contributed by atoms with Crippen molar-refractivity contribution in [1.29, 1.82) is 0 Å². The average Bonchev–Trinajstić information content (AvgIpc) is 1.56. The van der Waals surface area contributed by atoms with Crippen LogP contribution < -0.4 is 21.0 Å². The molecular formula is C96H66N6OSSi2. The molecule has 6 aromatic heterocycles. The van der Waals surface area contributed by atoms with Crippen molar-refractivity contribution in [2.75, 3.05) is 0 Å². The highest BCUT2D eigenvalue weighted by Gasteiger charge is 2.44. The minimum absolute atomic E-state index is 0.738. The lowest BCUT2D eigenvalue weighted by Crippen LogP contribution is -2.50. The Morgan fingerprint density at radius 2 is 0.679 bits per heavy atom. The Morgan fingerprint density at radius 3 is 1.20 bits per heavy atom. The first-order valence-electron chi connectivity index (χ1n) is 36.3. The first-order chi connectivity index (χ1) is 52.1. The Bertz CT molecular complexity index is 6600. The Balaban J connectivity index is 0.000000136. The van der Waals surface area contributed by atoms with E-state index in [4.69, 9.17) is 24.4 Å². The Hall–Kier alpha value is -12.7. The highest BCUT2D eigenvalue weighted by molar-refractivity contribution is 7.26. The van der Waals surface area contributed by atoms with Gasteiger partial charge in [-0.3, -0.25) is 0 Å². The lowest BCUT2D eigenvalue weighted by molar-refractivity contribution is 0.670. The molecule has 0 aliphatic carbocycles. The number of thiophene rings is 1. The van der Waals surface area contributed by atoms with Gasteiger partial charge < -0.3 is 13.6 Å². The summed E-state index contributed by atoms with van der Waals surface area (Å²) in [5.41, 5.74) is 24.5. The summed E-state index contributed by atoms with van der Waals surface area (Å²) in [6.07, 6.45) is 0. The van der Waals surface area contributed by atoms with Crippen molar-refractivity contribution in [3.05, 3.63) is 328 Å². The summed E-state index contributed by atoms with van der Waals surface area (Å²) in [5, 5.41) is 14.8. The van der Waals surface area contributed by atoms with Gasteiger partial charge in [0.2, 0.25) is 0 Å². The van der Waals surface area contributed by atoms with E-state index in [1.807, 2.05) is 23.5 Å². The number of benzene rings is 14. The zero-order valence-electron chi connectivity index (χ0n) is 58.7. The van der Waals surface area contributed by atoms with Crippen molar-refractivity contribution in [3.63, 3.8) is 0 Å². The van der Waals surface area contributed by atoms with E-state index in [1.54, 1.807) is 0 Å². The maximum Gasteiger partial charge on any atom is 0.159 e. The van der Waals surface area contributed by atoms with Crippen LogP contribution in [0.15, 0.2) is 332 Å². The fraction of sp³-hybridized carbons (Fsp3) is 0.0417. The van der Waals surface area contributed by atoms with Gasteiger partial charge in [-0.05, 0) is 147 Å². The summed E-state index contributed by atoms with van der Waals surface area (Å²) < 4.78 is 14.0. The summed E-state index contributed by atoms with van der Waals surface area (Å²) in [6.45, 7) is 9.73. The first-order valence-corrected chi connectivity index (χ1v) is 43.2. The number of fused-ring (bicyclic) bond motifs is 18. The van der Waals surface area contributed by atoms with Crippen LogP contribution in [0.2, 0.25) is 26.2 Å². The monoisotopic (exact) mass is 1410 g/mol. The molecule has 22 rings (SSSR count). The third-order valence-corrected chi connectivity index (χ3v) is 30.2. The van der Waals surface area contributed by atoms with E-state index in [0.717, 1.165) is 84.1 Å². The van der Waals surface area contributed by atoms with Gasteiger partial charge in [-0.15, -0.1) is 11.3 Å². The standard InChI is InChI=1S/C48H33N3OSi.C48H33N3SSi/c2*1-53(2)43-23-12-10-19-36(43)44-45(37-21-13-20-35-34-18-9-11-22-42(34)52-46(35)37)49-47(50-48(44)53)32-25-27-41-39(29-32)38-28-31(30-14-5-3-6-15-30)24-26-40(38)51(41)33-16-7-4-8-17-33/h2*3-29H,1-2H3. The normalized spacial score (nSPS) is 13.2. The summed E-state index contributed by atoms with van der Waals surface area (Å²) >= 11 is 1.86. The molecule has 8 heterocycles. The maximum atomic E-state index is 6.63. The second kappa shape index (κ2) is 23.9. The van der Waals surface area contributed by atoms with Gasteiger partial charge in [-0.1, -0.05) is 251 Å². The maximum absolute atomic E-state index is 6.63. The second-order valence-electron chi connectivity index (χ2n) is 29.1. The van der Waals surface area contributed by atoms with Crippen LogP contribution in [-0.2, 0) is 0 Å². The van der Waals surface area contributed by atoms with Gasteiger partial charge in [-0.2, -0.15) is 0 Å². The topological polar surface area (TPSA) is 74.6 Å². The molecule has 0 radical (unpaired) electrons. The van der Waals surface area contributed by atoms with Crippen LogP contribution in [0.1, 0.15) is 0 Å². The van der Waals surface area contributed by atoms with Crippen molar-refractivity contribution in [2.24, 2.45) is 0 Å². The molecule has 2 aliphatic heterocycles. The SMILES string of the molecule is C[Si]1(C)c2ccccc2-c2c(-c3cccc4c3oc3ccccc34)nc(-c3ccc4c(c3)c3cc(-c5ccccc5)ccc3n4-c3ccccc3)nc21.C[Si]1(C)c2ccccc2-c2c(-c3cccc4c3sc3ccccc34)nc(-c3ccc4c(c3)c3cc(-c5ccccc5)ccc3n4-c3ccccc3)nc21. The fourth-order valence-electron chi connectivity index (χ4n) is 17.3. The predicted molar refractivity (Wildman–Crippen MR) is 450 cm³/mol. The van der Waals surface area contributed by atoms with E-state index in [0.29, 0.717) is 0 Å². The molecule has 14 aromatic carbocycles. The molecule has 0 bridgehead atoms. The summed E-state index contributed by atoms with van der Waals surface area (Å²) in [6, 6.07) is 118. The zero-order chi connectivity index (χ0) is 70.5. The molecule has 0 amide bonds. The van der Waals surface area contributed by atoms with Crippen molar-refractivity contribution in [3.8, 4) is 101 Å². The third-order valence-electron chi connectivity index (χ3n) is 22.3. The number of rotatable bonds is 8. The number of furan rings is 1. The van der Waals surface area contributed by atoms with E-state index in [-0.39, 0.29) is 0 Å². The van der Waals surface area contributed by atoms with E-state index < -0.39 is 16.1 Å². The zero-order valence-corrected chi connectivity index (χ0v) is 61.5. The smallest absolute Gasteiger partial charge is 0.159 e. The number of nitrogens with zero attached hydrogens (tertiary/aromatic N) is 6. The first kappa shape index (κ1) is 61.9. The molecule has 500 valence electrons. The van der Waals surface area contributed by atoms with Gasteiger partial charge in [-0.25, -0.2) is 19.9 Å². The van der Waals surface area contributed by atoms with E-state index in [9.17, 15) is 0 Å². The van der Waals surface area contributed by atoms with E-state index >= 15 is 0 Å². The molecule has 106 heavy (non-hydrogen) atoms. The number of aromatic nitrogens is 6. The molecule has 20 aromatic rings. The van der Waals surface area contributed by atoms with Crippen LogP contribution in [0, 0.1) is 0 Å². The van der Waals surface area contributed by atoms with Gasteiger partial charge in [0, 0.05) is 108 Å². The van der Waals surface area contributed by atoms with Crippen LogP contribution in [0.25, 0.3) is 187 Å². The number of para-hydroxylation sites is 4. The third kappa shape index (κ3) is 9.54. The van der Waals surface area contributed by atoms with Crippen molar-refractivity contribution < 1.29 is 4.42 Å². The molecule has 0 saturated carbocycles. The average molecular weight is 1410 g/mol. The van der Waals surface area contributed by atoms with Crippen molar-refractivity contribution in [2.45, 2.75) is 26.2 Å². The quantitative estimate of drug-likeness (QED) is 0.142. The summed E-state index contributed by atoms with van der Waals surface area (Å²) in [7, 11) is -4.32. The van der Waals surface area contributed by atoms with Crippen LogP contribution in [0.3, 0.4) is 0 Å². The molecule has 7 nitrogen and oxygen atoms in total. The van der Waals surface area contributed by atoms with Crippen LogP contribution >= 0.6 is 11.3 Å². The molecule has 0 saturated heterocycles. The predicted octanol–water partition coefficient (Wildman–Crippen LogP) is 23.0. The van der Waals surface area contributed by atoms with Crippen LogP contribution in [0.4, 0.5) is 0 Å². The van der Waals surface area contributed by atoms with Crippen molar-refractivity contribution >= 4 is 134 Å². The number of hydrogen-bond donors (Lipinski definition) is 0. The van der Waals surface area contributed by atoms with E-state index in [1.165, 1.54) is 124 Å². The molecule has 0 atom stereocenters. The van der Waals surface area contributed by atoms with Gasteiger partial charge in [0.05, 0.1) is 33.5 Å². The molecule has 0 N–H and O–H groups in total. The van der Waals surface area contributed by atoms with Crippen molar-refractivity contribution in [1.82, 2.24) is 29.1 Å². The largest absolute Gasteiger partial charge is 0.455 e. The van der Waals surface area contributed by atoms with Gasteiger partial charge >= 0.3 is 0 Å². The Labute approximate surface area is 618 Å². The Kier molecular flexibility index (Phi) is 14.0. The van der Waals surface area contributed by atoms with Crippen LogP contribution in [0.5, 0.6) is 0 Å². The minimum Gasteiger partial charge on any atom is -0.455 e. The van der Waals surface area contributed by atoms with Gasteiger partial charge in [0.15, 0.2) is 11.6 Å². The molecule has 0 fully saturated rings. The van der Waals surface area contributed by atoms with Crippen LogP contribution in [-0.4, -0.2) is 45.2 Å². The lowest BCUT2D eigenvalue weighted by atomic mass is 9.98. The molecular weight excluding hydrogens is 1340 g/mol. The highest BCUT2D eigenvalue weighted by atomic mass is 32.1. The molecule has 10 heteroatoms. The minimum atomic E-state index is -2.18. The van der Waals surface area contributed by atoms with Gasteiger partial charge in [0.1, 0.15) is 27.3 Å². The Morgan fingerprint density at radius 1 is 0.292 bits per heavy atom. The fourth-order valence-corrected chi connectivity index (χ4v) is 24.3.